The molecule has 0 heterocycles. The van der Waals surface area contributed by atoms with Crippen molar-refractivity contribution in [2.24, 2.45) is 46.9 Å². The normalized spacial score (nSPS) is 36.0. The molecular formula is C37H79N10O5P3+2. The molecule has 5 aliphatic rings. The van der Waals surface area contributed by atoms with E-state index in [2.05, 4.69) is 31.1 Å². The van der Waals surface area contributed by atoms with Gasteiger partial charge in [0, 0.05) is 20.1 Å². The molecule has 0 aromatic heterocycles. The fourth-order valence-electron chi connectivity index (χ4n) is 9.17. The zero-order chi connectivity index (χ0) is 38.9. The van der Waals surface area contributed by atoms with Gasteiger partial charge in [-0.2, -0.15) is 18.1 Å². The van der Waals surface area contributed by atoms with Gasteiger partial charge in [0.05, 0.1) is 11.0 Å². The van der Waals surface area contributed by atoms with Gasteiger partial charge in [-0.1, -0.05) is 4.86 Å². The predicted molar refractivity (Wildman–Crippen MR) is 228 cm³/mol. The monoisotopic (exact) mass is 837 g/mol. The minimum absolute atomic E-state index is 0.0115. The molecule has 2 unspecified atom stereocenters. The molecule has 5 rings (SSSR count). The average molecular weight is 837 g/mol. The fraction of sp³-hybridized carbons (Fsp3) is 0.973. The highest BCUT2D eigenvalue weighted by molar-refractivity contribution is 7.80. The summed E-state index contributed by atoms with van der Waals surface area (Å²) in [5, 5.41) is 11.4. The van der Waals surface area contributed by atoms with Crippen LogP contribution in [0.15, 0.2) is 0 Å². The molecular weight excluding hydrogens is 757 g/mol. The molecule has 0 aromatic rings. The van der Waals surface area contributed by atoms with Gasteiger partial charge >= 0.3 is 16.0 Å². The van der Waals surface area contributed by atoms with Gasteiger partial charge in [-0.25, -0.2) is 0 Å². The van der Waals surface area contributed by atoms with Crippen LogP contribution in [0.3, 0.4) is 0 Å². The molecule has 18 heteroatoms. The van der Waals surface area contributed by atoms with Crippen molar-refractivity contribution in [3.05, 3.63) is 0 Å². The Balaban J connectivity index is 1.42. The third kappa shape index (κ3) is 15.1. The van der Waals surface area contributed by atoms with Gasteiger partial charge in [-0.15, -0.1) is 5.09 Å². The molecule has 320 valence electrons. The summed E-state index contributed by atoms with van der Waals surface area (Å²) >= 11 is 0. The average Bonchev–Trinajstić information content (AvgIpc) is 3.22. The van der Waals surface area contributed by atoms with Gasteiger partial charge in [0.1, 0.15) is 33.4 Å². The smallest absolute Gasteiger partial charge is 0.340 e. The molecule has 5 aliphatic carbocycles. The van der Waals surface area contributed by atoms with Gasteiger partial charge in [0.2, 0.25) is 0 Å². The zero-order valence-electron chi connectivity index (χ0n) is 34.0. The molecule has 0 amide bonds. The van der Waals surface area contributed by atoms with E-state index in [1.165, 1.54) is 0 Å². The number of hydrazine groups is 2. The Morgan fingerprint density at radius 3 is 1.40 bits per heavy atom. The predicted octanol–water partition coefficient (Wildman–Crippen LogP) is 5.88. The Morgan fingerprint density at radius 2 is 1.00 bits per heavy atom. The highest BCUT2D eigenvalue weighted by Gasteiger charge is 2.64. The number of nitrogens with one attached hydrogen (secondary N) is 7. The highest BCUT2D eigenvalue weighted by atomic mass is 31.3. The first-order chi connectivity index (χ1) is 26.8. The molecule has 5 fully saturated rings. The van der Waals surface area contributed by atoms with Crippen molar-refractivity contribution in [2.75, 3.05) is 40.3 Å². The molecule has 15 nitrogen and oxygen atoms in total. The number of hydrogen-bond donors (Lipinski definition) is 10. The summed E-state index contributed by atoms with van der Waals surface area (Å²) in [5.74, 6) is 8.29. The van der Waals surface area contributed by atoms with Crippen LogP contribution in [0.4, 0.5) is 0 Å². The zero-order valence-corrected chi connectivity index (χ0v) is 36.8. The molecule has 5 saturated carbocycles. The van der Waals surface area contributed by atoms with Crippen molar-refractivity contribution in [3.8, 4) is 0 Å². The van der Waals surface area contributed by atoms with Crippen LogP contribution in [0.5, 0.6) is 0 Å². The summed E-state index contributed by atoms with van der Waals surface area (Å²) in [6.07, 6.45) is 21.8. The van der Waals surface area contributed by atoms with Gasteiger partial charge in [-0.05, 0) is 184 Å². The van der Waals surface area contributed by atoms with Gasteiger partial charge in [0.25, 0.3) is 0 Å². The van der Waals surface area contributed by atoms with Crippen LogP contribution in [0.1, 0.15) is 128 Å². The molecule has 0 radical (unpaired) electrons. The minimum Gasteiger partial charge on any atom is -0.340 e. The second-order valence-corrected chi connectivity index (χ2v) is 22.6. The summed E-state index contributed by atoms with van der Waals surface area (Å²) < 4.78 is 36.0. The Kier molecular flexibility index (Phi) is 20.8. The van der Waals surface area contributed by atoms with Crippen molar-refractivity contribution >= 4 is 31.2 Å². The quantitative estimate of drug-likeness (QED) is 0.0252. The molecule has 0 bridgehead atoms. The number of hydrogen-bond acceptors (Lipinski definition) is 15. The molecule has 0 saturated heterocycles. The standard InChI is InChI=1S/C37H79N10O5P3/c1-42-45-27-32-11-21-35(22-12-32)50-54(43-2,49-34-19-9-31(10-20-34)26-44-41)47-55(51-36-15-5-29(24-39)6-16-36,52-37-17-7-30(25-40)8-18-37)46-53-48-33-13-3-28(23-38)4-14-33/h23,28-38,42-47,53H,3-22,24-27,39-41H2,1-2H3/q+2. The lowest BCUT2D eigenvalue weighted by Crippen LogP contribution is -2.43. The van der Waals surface area contributed by atoms with Crippen molar-refractivity contribution in [3.63, 3.8) is 0 Å². The van der Waals surface area contributed by atoms with E-state index < -0.39 is 16.0 Å². The van der Waals surface area contributed by atoms with Crippen molar-refractivity contribution in [1.82, 2.24) is 31.1 Å². The van der Waals surface area contributed by atoms with Crippen LogP contribution in [-0.2, 0) is 22.6 Å². The van der Waals surface area contributed by atoms with E-state index in [9.17, 15) is 0 Å². The summed E-state index contributed by atoms with van der Waals surface area (Å²) in [7, 11) is -2.26. The van der Waals surface area contributed by atoms with Gasteiger partial charge in [0.15, 0.2) is 0 Å². The van der Waals surface area contributed by atoms with E-state index in [1.54, 1.807) is 6.21 Å². The molecule has 55 heavy (non-hydrogen) atoms. The van der Waals surface area contributed by atoms with E-state index in [0.717, 1.165) is 142 Å². The Labute approximate surface area is 335 Å². The van der Waals surface area contributed by atoms with Gasteiger partial charge in [-0.3, -0.25) is 22.1 Å². The third-order valence-corrected chi connectivity index (χ3v) is 20.0. The van der Waals surface area contributed by atoms with Crippen LogP contribution in [0.25, 0.3) is 0 Å². The van der Waals surface area contributed by atoms with E-state index >= 15 is 0 Å². The molecule has 0 spiro atoms. The Hall–Kier alpha value is 0.400. The topological polar surface area (TPSA) is 220 Å². The van der Waals surface area contributed by atoms with Crippen LogP contribution < -0.4 is 48.4 Å². The second kappa shape index (κ2) is 24.6. The first-order valence-corrected chi connectivity index (χ1v) is 25.9. The molecule has 0 aliphatic heterocycles. The lowest BCUT2D eigenvalue weighted by molar-refractivity contribution is 0.0575. The van der Waals surface area contributed by atoms with E-state index in [0.29, 0.717) is 42.7 Å². The maximum atomic E-state index is 7.76. The summed E-state index contributed by atoms with van der Waals surface area (Å²) in [6, 6.07) is 0. The maximum absolute atomic E-state index is 7.76. The fourth-order valence-corrected chi connectivity index (χ4v) is 16.7. The largest absolute Gasteiger partial charge is 0.476 e. The SMILES string of the molecule is CNNCC1CCC(O[P+](NC)(N[P+](NPOC2CCC(C=N)CC2)(OC2CCC(CN)CC2)OC2CCC(CN)CC2)OC2CCC(CNN)CC2)CC1. The van der Waals surface area contributed by atoms with Gasteiger partial charge < -0.3 is 21.4 Å². The maximum Gasteiger partial charge on any atom is 0.476 e. The first kappa shape index (κ1) is 46.5. The first-order valence-electron chi connectivity index (χ1n) is 21.7. The lowest BCUT2D eigenvalue weighted by atomic mass is 9.88. The van der Waals surface area contributed by atoms with Crippen LogP contribution in [0.2, 0.25) is 0 Å². The Bertz CT molecular complexity index is 1030. The third-order valence-electron chi connectivity index (χ3n) is 12.9. The van der Waals surface area contributed by atoms with Crippen LogP contribution >= 0.6 is 25.0 Å². The summed E-state index contributed by atoms with van der Waals surface area (Å²) in [4.78, 5) is 7.84. The van der Waals surface area contributed by atoms with E-state index in [-0.39, 0.29) is 39.5 Å². The molecule has 0 aromatic carbocycles. The van der Waals surface area contributed by atoms with Crippen LogP contribution in [-0.4, -0.2) is 77.0 Å². The van der Waals surface area contributed by atoms with E-state index in [1.807, 2.05) is 14.1 Å². The van der Waals surface area contributed by atoms with E-state index in [4.69, 9.17) is 45.3 Å². The molecule has 2 atom stereocenters. The number of nitrogens with two attached hydrogens (primary N) is 3. The highest BCUT2D eigenvalue weighted by Crippen LogP contribution is 2.71. The Morgan fingerprint density at radius 1 is 0.582 bits per heavy atom. The lowest BCUT2D eigenvalue weighted by Gasteiger charge is -2.38. The van der Waals surface area contributed by atoms with Crippen molar-refractivity contribution in [2.45, 2.75) is 159 Å². The number of rotatable bonds is 23. The summed E-state index contributed by atoms with van der Waals surface area (Å²) in [6.45, 7) is 3.20. The minimum atomic E-state index is -3.12. The van der Waals surface area contributed by atoms with Crippen molar-refractivity contribution in [1.29, 1.82) is 5.41 Å². The van der Waals surface area contributed by atoms with Crippen LogP contribution in [0, 0.1) is 35.0 Å². The van der Waals surface area contributed by atoms with Crippen molar-refractivity contribution < 1.29 is 22.6 Å². The summed E-state index contributed by atoms with van der Waals surface area (Å²) in [5.41, 5.74) is 21.6. The second-order valence-electron chi connectivity index (χ2n) is 17.0. The molecule has 13 N–H and O–H groups in total.